The van der Waals surface area contributed by atoms with Crippen LogP contribution in [-0.2, 0) is 4.74 Å². The molecule has 0 radical (unpaired) electrons. The maximum Gasteiger partial charge on any atom is 0.414 e. The largest absolute Gasteiger partial charge is 0.448 e. The molecule has 0 spiro atoms. The highest BCUT2D eigenvalue weighted by molar-refractivity contribution is 5.91. The molecule has 1 N–H and O–H groups in total. The highest BCUT2D eigenvalue weighted by Crippen LogP contribution is 2.30. The van der Waals surface area contributed by atoms with Crippen molar-refractivity contribution in [2.24, 2.45) is 0 Å². The fourth-order valence-corrected chi connectivity index (χ4v) is 2.06. The zero-order valence-corrected chi connectivity index (χ0v) is 12.5. The number of aromatic nitrogens is 3. The number of ether oxygens (including phenoxy) is 1. The predicted octanol–water partition coefficient (Wildman–Crippen LogP) is 3.34. The summed E-state index contributed by atoms with van der Waals surface area (Å²) in [7, 11) is 0. The first-order chi connectivity index (χ1) is 10.4. The lowest BCUT2D eigenvalue weighted by molar-refractivity contribution is 0.0632. The van der Waals surface area contributed by atoms with Gasteiger partial charge in [-0.3, -0.25) is 5.32 Å². The molecule has 0 aliphatic heterocycles. The maximum absolute atomic E-state index is 11.9. The predicted molar refractivity (Wildman–Crippen MR) is 80.5 cm³/mol. The number of rotatable bonds is 2. The SMILES string of the molecule is CC(C)(C)OC(=O)Nc1occc1-c1ncnn2cccc12. The van der Waals surface area contributed by atoms with Crippen molar-refractivity contribution in [3.05, 3.63) is 37.0 Å². The molecule has 0 saturated heterocycles. The average molecular weight is 300 g/mol. The van der Waals surface area contributed by atoms with E-state index in [0.717, 1.165) is 5.52 Å². The van der Waals surface area contributed by atoms with Gasteiger partial charge in [-0.1, -0.05) is 0 Å². The molecule has 0 fully saturated rings. The van der Waals surface area contributed by atoms with E-state index in [0.29, 0.717) is 11.3 Å². The van der Waals surface area contributed by atoms with Crippen LogP contribution in [0.1, 0.15) is 20.8 Å². The normalized spacial score (nSPS) is 11.6. The Morgan fingerprint density at radius 2 is 2.18 bits per heavy atom. The molecule has 0 aliphatic carbocycles. The van der Waals surface area contributed by atoms with E-state index in [-0.39, 0.29) is 5.88 Å². The van der Waals surface area contributed by atoms with Gasteiger partial charge < -0.3 is 9.15 Å². The highest BCUT2D eigenvalue weighted by Gasteiger charge is 2.20. The first-order valence-electron chi connectivity index (χ1n) is 6.80. The number of hydrogen-bond donors (Lipinski definition) is 1. The van der Waals surface area contributed by atoms with Crippen LogP contribution >= 0.6 is 0 Å². The standard InChI is InChI=1S/C15H16N4O3/c1-15(2,3)22-14(20)18-13-10(6-8-21-13)12-11-5-4-7-19(11)17-9-16-12/h4-9H,1-3H3,(H,18,20). The third kappa shape index (κ3) is 2.78. The lowest BCUT2D eigenvalue weighted by Gasteiger charge is -2.19. The highest BCUT2D eigenvalue weighted by atomic mass is 16.6. The molecule has 3 aromatic heterocycles. The second kappa shape index (κ2) is 5.18. The quantitative estimate of drug-likeness (QED) is 0.785. The summed E-state index contributed by atoms with van der Waals surface area (Å²) in [6.45, 7) is 5.39. The van der Waals surface area contributed by atoms with Gasteiger partial charge in [0.05, 0.1) is 17.3 Å². The molecule has 7 nitrogen and oxygen atoms in total. The molecular formula is C15H16N4O3. The summed E-state index contributed by atoms with van der Waals surface area (Å²) in [5.41, 5.74) is 1.56. The van der Waals surface area contributed by atoms with Gasteiger partial charge in [0.15, 0.2) is 0 Å². The molecule has 0 aromatic carbocycles. The van der Waals surface area contributed by atoms with E-state index < -0.39 is 11.7 Å². The Bertz CT molecular complexity index is 813. The number of hydrogen-bond acceptors (Lipinski definition) is 5. The first-order valence-corrected chi connectivity index (χ1v) is 6.80. The molecule has 3 heterocycles. The van der Waals surface area contributed by atoms with Crippen molar-refractivity contribution in [3.63, 3.8) is 0 Å². The number of furan rings is 1. The summed E-state index contributed by atoms with van der Waals surface area (Å²) < 4.78 is 12.3. The van der Waals surface area contributed by atoms with Crippen LogP contribution in [0.3, 0.4) is 0 Å². The van der Waals surface area contributed by atoms with E-state index in [4.69, 9.17) is 9.15 Å². The number of fused-ring (bicyclic) bond motifs is 1. The van der Waals surface area contributed by atoms with Crippen molar-refractivity contribution in [2.75, 3.05) is 5.32 Å². The average Bonchev–Trinajstić information content (AvgIpc) is 3.04. The number of carbonyl (C=O) groups is 1. The van der Waals surface area contributed by atoms with E-state index in [1.54, 1.807) is 31.4 Å². The van der Waals surface area contributed by atoms with Crippen LogP contribution in [0, 0.1) is 0 Å². The van der Waals surface area contributed by atoms with Gasteiger partial charge in [-0.25, -0.2) is 14.3 Å². The Hall–Kier alpha value is -2.83. The number of nitrogens with zero attached hydrogens (tertiary/aromatic N) is 3. The summed E-state index contributed by atoms with van der Waals surface area (Å²) in [6, 6.07) is 5.50. The smallest absolute Gasteiger partial charge is 0.414 e. The summed E-state index contributed by atoms with van der Waals surface area (Å²) in [5.74, 6) is 0.288. The number of anilines is 1. The van der Waals surface area contributed by atoms with Gasteiger partial charge in [-0.15, -0.1) is 0 Å². The van der Waals surface area contributed by atoms with Crippen LogP contribution in [0.15, 0.2) is 41.4 Å². The molecule has 0 unspecified atom stereocenters. The lowest BCUT2D eigenvalue weighted by atomic mass is 10.2. The van der Waals surface area contributed by atoms with E-state index in [1.165, 1.54) is 12.6 Å². The van der Waals surface area contributed by atoms with E-state index >= 15 is 0 Å². The van der Waals surface area contributed by atoms with Crippen molar-refractivity contribution < 1.29 is 13.9 Å². The Morgan fingerprint density at radius 1 is 1.36 bits per heavy atom. The zero-order valence-electron chi connectivity index (χ0n) is 12.5. The van der Waals surface area contributed by atoms with Crippen LogP contribution in [0.2, 0.25) is 0 Å². The van der Waals surface area contributed by atoms with Crippen molar-refractivity contribution in [3.8, 4) is 11.3 Å². The molecule has 3 rings (SSSR count). The Balaban J connectivity index is 1.93. The Labute approximate surface area is 126 Å². The molecule has 0 atom stereocenters. The van der Waals surface area contributed by atoms with Gasteiger partial charge in [0.25, 0.3) is 0 Å². The maximum atomic E-state index is 11.9. The third-order valence-corrected chi connectivity index (χ3v) is 2.87. The first kappa shape index (κ1) is 14.1. The summed E-state index contributed by atoms with van der Waals surface area (Å²) in [4.78, 5) is 16.2. The van der Waals surface area contributed by atoms with Gasteiger partial charge in [-0.2, -0.15) is 5.10 Å². The fourth-order valence-electron chi connectivity index (χ4n) is 2.06. The number of nitrogens with one attached hydrogen (secondary N) is 1. The minimum Gasteiger partial charge on any atom is -0.448 e. The molecule has 0 aliphatic rings. The summed E-state index contributed by atoms with van der Waals surface area (Å²) >= 11 is 0. The molecule has 0 saturated carbocycles. The molecule has 7 heteroatoms. The molecule has 0 bridgehead atoms. The van der Waals surface area contributed by atoms with Crippen molar-refractivity contribution >= 4 is 17.5 Å². The van der Waals surface area contributed by atoms with Gasteiger partial charge in [0.1, 0.15) is 17.6 Å². The summed E-state index contributed by atoms with van der Waals surface area (Å²) in [5, 5.41) is 6.72. The van der Waals surface area contributed by atoms with E-state index in [9.17, 15) is 4.79 Å². The molecule has 3 aromatic rings. The van der Waals surface area contributed by atoms with Gasteiger partial charge in [-0.05, 0) is 39.0 Å². The molecular weight excluding hydrogens is 284 g/mol. The van der Waals surface area contributed by atoms with Crippen LogP contribution in [0.4, 0.5) is 10.7 Å². The van der Waals surface area contributed by atoms with E-state index in [2.05, 4.69) is 15.4 Å². The Kier molecular flexibility index (Phi) is 3.32. The number of carbonyl (C=O) groups excluding carboxylic acids is 1. The summed E-state index contributed by atoms with van der Waals surface area (Å²) in [6.07, 6.45) is 4.18. The van der Waals surface area contributed by atoms with Gasteiger partial charge >= 0.3 is 6.09 Å². The van der Waals surface area contributed by atoms with Gasteiger partial charge in [0.2, 0.25) is 5.88 Å². The fraction of sp³-hybridized carbons (Fsp3) is 0.267. The molecule has 22 heavy (non-hydrogen) atoms. The van der Waals surface area contributed by atoms with Crippen LogP contribution in [0.5, 0.6) is 0 Å². The Morgan fingerprint density at radius 3 is 2.95 bits per heavy atom. The lowest BCUT2D eigenvalue weighted by Crippen LogP contribution is -2.27. The van der Waals surface area contributed by atoms with Crippen LogP contribution in [-0.4, -0.2) is 26.3 Å². The topological polar surface area (TPSA) is 81.7 Å². The minimum atomic E-state index is -0.583. The van der Waals surface area contributed by atoms with Crippen LogP contribution in [0.25, 0.3) is 16.8 Å². The van der Waals surface area contributed by atoms with Crippen molar-refractivity contribution in [2.45, 2.75) is 26.4 Å². The second-order valence-corrected chi connectivity index (χ2v) is 5.74. The van der Waals surface area contributed by atoms with E-state index in [1.807, 2.05) is 18.3 Å². The third-order valence-electron chi connectivity index (χ3n) is 2.87. The number of amides is 1. The molecule has 1 amide bonds. The van der Waals surface area contributed by atoms with Crippen molar-refractivity contribution in [1.82, 2.24) is 14.6 Å². The van der Waals surface area contributed by atoms with Crippen molar-refractivity contribution in [1.29, 1.82) is 0 Å². The van der Waals surface area contributed by atoms with Gasteiger partial charge in [0, 0.05) is 6.20 Å². The molecule has 114 valence electrons. The zero-order chi connectivity index (χ0) is 15.7. The minimum absolute atomic E-state index is 0.288. The second-order valence-electron chi connectivity index (χ2n) is 5.74. The monoisotopic (exact) mass is 300 g/mol. The van der Waals surface area contributed by atoms with Crippen LogP contribution < -0.4 is 5.32 Å².